The summed E-state index contributed by atoms with van der Waals surface area (Å²) < 4.78 is 5.34. The van der Waals surface area contributed by atoms with Crippen LogP contribution in [0.3, 0.4) is 0 Å². The van der Waals surface area contributed by atoms with Crippen molar-refractivity contribution in [1.29, 1.82) is 0 Å². The van der Waals surface area contributed by atoms with Gasteiger partial charge in [0.2, 0.25) is 11.8 Å². The van der Waals surface area contributed by atoms with Gasteiger partial charge in [0.15, 0.2) is 0 Å². The average Bonchev–Trinajstić information content (AvgIpc) is 2.78. The van der Waals surface area contributed by atoms with E-state index >= 15 is 0 Å². The molecule has 128 valence electrons. The van der Waals surface area contributed by atoms with Gasteiger partial charge in [-0.25, -0.2) is 4.79 Å². The second-order valence-electron chi connectivity index (χ2n) is 6.49. The van der Waals surface area contributed by atoms with Crippen LogP contribution in [0.4, 0.5) is 0 Å². The molecule has 0 saturated heterocycles. The van der Waals surface area contributed by atoms with Gasteiger partial charge in [0, 0.05) is 25.4 Å². The summed E-state index contributed by atoms with van der Waals surface area (Å²) in [5.41, 5.74) is -0.397. The van der Waals surface area contributed by atoms with Crippen LogP contribution in [-0.2, 0) is 16.1 Å². The second kappa shape index (κ2) is 7.30. The summed E-state index contributed by atoms with van der Waals surface area (Å²) >= 11 is 0. The molecule has 0 aliphatic heterocycles. The number of aromatic carboxylic acids is 1. The van der Waals surface area contributed by atoms with Gasteiger partial charge in [0.1, 0.15) is 17.1 Å². The van der Waals surface area contributed by atoms with E-state index in [0.29, 0.717) is 11.5 Å². The van der Waals surface area contributed by atoms with Crippen LogP contribution in [0.1, 0.15) is 49.1 Å². The molecule has 1 aromatic rings. The fourth-order valence-electron chi connectivity index (χ4n) is 1.89. The third-order valence-electron chi connectivity index (χ3n) is 3.32. The Kier molecular flexibility index (Phi) is 5.95. The van der Waals surface area contributed by atoms with Crippen molar-refractivity contribution in [2.24, 2.45) is 5.41 Å². The van der Waals surface area contributed by atoms with E-state index in [4.69, 9.17) is 9.52 Å². The first-order valence-electron chi connectivity index (χ1n) is 7.37. The molecule has 23 heavy (non-hydrogen) atoms. The number of carbonyl (C=O) groups excluding carboxylic acids is 2. The van der Waals surface area contributed by atoms with Gasteiger partial charge < -0.3 is 19.7 Å². The van der Waals surface area contributed by atoms with Crippen molar-refractivity contribution in [1.82, 2.24) is 10.2 Å². The number of rotatable bonds is 6. The van der Waals surface area contributed by atoms with E-state index in [1.807, 2.05) is 0 Å². The molecule has 7 nitrogen and oxygen atoms in total. The van der Waals surface area contributed by atoms with Crippen LogP contribution in [0.25, 0.3) is 0 Å². The molecule has 0 aliphatic rings. The van der Waals surface area contributed by atoms with Gasteiger partial charge in [-0.3, -0.25) is 9.59 Å². The minimum atomic E-state index is -1.06. The van der Waals surface area contributed by atoms with Crippen molar-refractivity contribution in [2.75, 3.05) is 13.6 Å². The maximum Gasteiger partial charge on any atom is 0.339 e. The molecular weight excluding hydrogens is 300 g/mol. The summed E-state index contributed by atoms with van der Waals surface area (Å²) in [6, 6.07) is 1.42. The van der Waals surface area contributed by atoms with Crippen molar-refractivity contribution in [2.45, 2.75) is 40.7 Å². The van der Waals surface area contributed by atoms with E-state index in [-0.39, 0.29) is 36.9 Å². The topological polar surface area (TPSA) is 99.9 Å². The predicted octanol–water partition coefficient (Wildman–Crippen LogP) is 1.80. The molecule has 1 heterocycles. The molecule has 0 bridgehead atoms. The summed E-state index contributed by atoms with van der Waals surface area (Å²) in [4.78, 5) is 36.1. The SMILES string of the molecule is Cc1oc(CN(C)C(=O)CCNC(=O)C(C)(C)C)cc1C(=O)O. The maximum absolute atomic E-state index is 12.0. The quantitative estimate of drug-likeness (QED) is 0.831. The largest absolute Gasteiger partial charge is 0.478 e. The molecule has 0 aliphatic carbocycles. The van der Waals surface area contributed by atoms with E-state index in [2.05, 4.69) is 5.32 Å². The van der Waals surface area contributed by atoms with Crippen LogP contribution in [0.15, 0.2) is 10.5 Å². The number of carboxylic acids is 1. The lowest BCUT2D eigenvalue weighted by molar-refractivity contribution is -0.131. The molecule has 1 aromatic heterocycles. The number of amides is 2. The van der Waals surface area contributed by atoms with Crippen LogP contribution >= 0.6 is 0 Å². The Labute approximate surface area is 135 Å². The molecule has 2 amide bonds. The molecule has 0 atom stereocenters. The predicted molar refractivity (Wildman–Crippen MR) is 84.0 cm³/mol. The lowest BCUT2D eigenvalue weighted by atomic mass is 9.96. The highest BCUT2D eigenvalue weighted by atomic mass is 16.4. The minimum Gasteiger partial charge on any atom is -0.478 e. The Morgan fingerprint density at radius 2 is 1.91 bits per heavy atom. The fraction of sp³-hybridized carbons (Fsp3) is 0.562. The monoisotopic (exact) mass is 324 g/mol. The van der Waals surface area contributed by atoms with E-state index in [0.717, 1.165) is 0 Å². The van der Waals surface area contributed by atoms with Gasteiger partial charge in [-0.05, 0) is 13.0 Å². The van der Waals surface area contributed by atoms with Crippen molar-refractivity contribution >= 4 is 17.8 Å². The van der Waals surface area contributed by atoms with Crippen molar-refractivity contribution in [3.8, 4) is 0 Å². The Bertz CT molecular complexity index is 598. The molecule has 0 unspecified atom stereocenters. The molecule has 0 aromatic carbocycles. The third-order valence-corrected chi connectivity index (χ3v) is 3.32. The summed E-state index contributed by atoms with van der Waals surface area (Å²) in [6.07, 6.45) is 0.170. The normalized spacial score (nSPS) is 11.2. The summed E-state index contributed by atoms with van der Waals surface area (Å²) in [5, 5.41) is 11.7. The van der Waals surface area contributed by atoms with Gasteiger partial charge in [0.05, 0.1) is 6.54 Å². The van der Waals surface area contributed by atoms with Crippen LogP contribution in [0, 0.1) is 12.3 Å². The molecule has 0 saturated carbocycles. The van der Waals surface area contributed by atoms with Gasteiger partial charge in [-0.2, -0.15) is 0 Å². The molecular formula is C16H24N2O5. The highest BCUT2D eigenvalue weighted by molar-refractivity contribution is 5.88. The molecule has 2 N–H and O–H groups in total. The van der Waals surface area contributed by atoms with E-state index in [1.54, 1.807) is 34.7 Å². The Morgan fingerprint density at radius 3 is 2.39 bits per heavy atom. The van der Waals surface area contributed by atoms with E-state index < -0.39 is 11.4 Å². The number of hydrogen-bond acceptors (Lipinski definition) is 4. The smallest absolute Gasteiger partial charge is 0.339 e. The first-order valence-corrected chi connectivity index (χ1v) is 7.37. The Morgan fingerprint density at radius 1 is 1.30 bits per heavy atom. The number of nitrogens with zero attached hydrogens (tertiary/aromatic N) is 1. The lowest BCUT2D eigenvalue weighted by Crippen LogP contribution is -2.37. The standard InChI is InChI=1S/C16H24N2O5/c1-10-12(14(20)21)8-11(23-10)9-18(5)13(19)6-7-17-15(22)16(2,3)4/h8H,6-7,9H2,1-5H3,(H,17,22)(H,20,21). The molecule has 7 heteroatoms. The number of furan rings is 1. The van der Waals surface area contributed by atoms with Crippen molar-refractivity contribution < 1.29 is 23.9 Å². The highest BCUT2D eigenvalue weighted by Gasteiger charge is 2.21. The first-order chi connectivity index (χ1) is 10.5. The maximum atomic E-state index is 12.0. The highest BCUT2D eigenvalue weighted by Crippen LogP contribution is 2.16. The average molecular weight is 324 g/mol. The van der Waals surface area contributed by atoms with Crippen molar-refractivity contribution in [3.63, 3.8) is 0 Å². The number of hydrogen-bond donors (Lipinski definition) is 2. The number of carbonyl (C=O) groups is 3. The van der Waals surface area contributed by atoms with Crippen LogP contribution in [0.5, 0.6) is 0 Å². The number of carboxylic acid groups (broad SMARTS) is 1. The summed E-state index contributed by atoms with van der Waals surface area (Å²) in [7, 11) is 1.60. The summed E-state index contributed by atoms with van der Waals surface area (Å²) in [5.74, 6) is -0.609. The fourth-order valence-corrected chi connectivity index (χ4v) is 1.89. The van der Waals surface area contributed by atoms with Crippen LogP contribution < -0.4 is 5.32 Å². The minimum absolute atomic E-state index is 0.0956. The van der Waals surface area contributed by atoms with Gasteiger partial charge in [0.25, 0.3) is 0 Å². The second-order valence-corrected chi connectivity index (χ2v) is 6.49. The van der Waals surface area contributed by atoms with Gasteiger partial charge in [-0.15, -0.1) is 0 Å². The first kappa shape index (κ1) is 18.7. The zero-order valence-electron chi connectivity index (χ0n) is 14.2. The molecule has 1 rings (SSSR count). The zero-order valence-corrected chi connectivity index (χ0v) is 14.2. The summed E-state index contributed by atoms with van der Waals surface area (Å²) in [6.45, 7) is 7.41. The van der Waals surface area contributed by atoms with Crippen molar-refractivity contribution in [3.05, 3.63) is 23.2 Å². The Balaban J connectivity index is 2.50. The third kappa shape index (κ3) is 5.43. The Hall–Kier alpha value is -2.31. The lowest BCUT2D eigenvalue weighted by Gasteiger charge is -2.19. The van der Waals surface area contributed by atoms with Gasteiger partial charge in [-0.1, -0.05) is 20.8 Å². The van der Waals surface area contributed by atoms with Crippen LogP contribution in [-0.4, -0.2) is 41.4 Å². The molecule has 0 radical (unpaired) electrons. The van der Waals surface area contributed by atoms with Gasteiger partial charge >= 0.3 is 5.97 Å². The number of aryl methyl sites for hydroxylation is 1. The molecule has 0 fully saturated rings. The van der Waals surface area contributed by atoms with E-state index in [9.17, 15) is 14.4 Å². The van der Waals surface area contributed by atoms with Crippen LogP contribution in [0.2, 0.25) is 0 Å². The van der Waals surface area contributed by atoms with E-state index in [1.165, 1.54) is 11.0 Å². The number of nitrogens with one attached hydrogen (secondary N) is 1. The molecule has 0 spiro atoms. The zero-order chi connectivity index (χ0) is 17.8.